The number of aliphatic hydroxyl groups is 1. The Bertz CT molecular complexity index is 850. The fourth-order valence-corrected chi connectivity index (χ4v) is 3.41. The van der Waals surface area contributed by atoms with Crippen molar-refractivity contribution in [2.24, 2.45) is 5.11 Å². The number of anilines is 2. The standard InChI is InChI=1S/C18H18N4O3/c1-11-6-7-14-17(8-11)25-16-5-3-2-4-13(16)22(14)15-10-24-9-12(18(15)23)20-21-19/h2-8,12,15,18,23H,9-10H2,1H3/t12-,15+,18+/m1/s1. The largest absolute Gasteiger partial charge is 0.453 e. The van der Waals surface area contributed by atoms with Gasteiger partial charge in [-0.2, -0.15) is 0 Å². The molecular formula is C18H18N4O3. The molecule has 4 rings (SSSR count). The molecule has 128 valence electrons. The van der Waals surface area contributed by atoms with Crippen LogP contribution in [0.3, 0.4) is 0 Å². The van der Waals surface area contributed by atoms with Crippen molar-refractivity contribution in [1.29, 1.82) is 0 Å². The Balaban J connectivity index is 1.82. The monoisotopic (exact) mass is 338 g/mol. The average molecular weight is 338 g/mol. The van der Waals surface area contributed by atoms with Gasteiger partial charge in [-0.15, -0.1) is 0 Å². The molecule has 0 aliphatic carbocycles. The van der Waals surface area contributed by atoms with Crippen LogP contribution in [0.4, 0.5) is 11.4 Å². The Labute approximate surface area is 145 Å². The van der Waals surface area contributed by atoms with Crippen molar-refractivity contribution in [1.82, 2.24) is 0 Å². The Morgan fingerprint density at radius 1 is 1.16 bits per heavy atom. The van der Waals surface area contributed by atoms with E-state index in [2.05, 4.69) is 10.0 Å². The van der Waals surface area contributed by atoms with Crippen molar-refractivity contribution < 1.29 is 14.6 Å². The topological polar surface area (TPSA) is 90.7 Å². The van der Waals surface area contributed by atoms with Crippen molar-refractivity contribution in [3.63, 3.8) is 0 Å². The maximum absolute atomic E-state index is 10.8. The summed E-state index contributed by atoms with van der Waals surface area (Å²) in [5.74, 6) is 1.45. The second kappa shape index (κ2) is 6.29. The van der Waals surface area contributed by atoms with E-state index in [9.17, 15) is 5.11 Å². The molecule has 3 atom stereocenters. The first-order valence-electron chi connectivity index (χ1n) is 8.16. The summed E-state index contributed by atoms with van der Waals surface area (Å²) < 4.78 is 11.7. The molecule has 7 heteroatoms. The zero-order valence-corrected chi connectivity index (χ0v) is 13.7. The minimum absolute atomic E-state index is 0.217. The second-order valence-corrected chi connectivity index (χ2v) is 6.28. The number of hydrogen-bond acceptors (Lipinski definition) is 5. The lowest BCUT2D eigenvalue weighted by atomic mass is 9.98. The maximum Gasteiger partial charge on any atom is 0.151 e. The van der Waals surface area contributed by atoms with Gasteiger partial charge in [-0.25, -0.2) is 0 Å². The number of nitrogens with zero attached hydrogens (tertiary/aromatic N) is 4. The molecule has 0 saturated carbocycles. The van der Waals surface area contributed by atoms with E-state index in [0.29, 0.717) is 6.61 Å². The zero-order chi connectivity index (χ0) is 17.4. The van der Waals surface area contributed by atoms with Gasteiger partial charge in [0.05, 0.1) is 42.8 Å². The smallest absolute Gasteiger partial charge is 0.151 e. The number of aryl methyl sites for hydroxylation is 1. The minimum atomic E-state index is -0.843. The molecule has 0 unspecified atom stereocenters. The van der Waals surface area contributed by atoms with Gasteiger partial charge in [-0.3, -0.25) is 0 Å². The van der Waals surface area contributed by atoms with E-state index in [4.69, 9.17) is 15.0 Å². The number of hydrogen-bond donors (Lipinski definition) is 1. The van der Waals surface area contributed by atoms with Gasteiger partial charge in [-0.1, -0.05) is 23.3 Å². The molecule has 1 fully saturated rings. The molecule has 2 aromatic carbocycles. The Hall–Kier alpha value is -2.73. The highest BCUT2D eigenvalue weighted by Crippen LogP contribution is 2.48. The number of ether oxygens (including phenoxy) is 2. The average Bonchev–Trinajstić information content (AvgIpc) is 2.62. The molecule has 25 heavy (non-hydrogen) atoms. The van der Waals surface area contributed by atoms with Gasteiger partial charge in [0.1, 0.15) is 0 Å². The van der Waals surface area contributed by atoms with Crippen molar-refractivity contribution >= 4 is 11.4 Å². The summed E-state index contributed by atoms with van der Waals surface area (Å²) in [6.45, 7) is 2.56. The molecule has 0 bridgehead atoms. The van der Waals surface area contributed by atoms with Gasteiger partial charge in [0.25, 0.3) is 0 Å². The molecular weight excluding hydrogens is 320 g/mol. The fraction of sp³-hybridized carbons (Fsp3) is 0.333. The molecule has 1 saturated heterocycles. The summed E-state index contributed by atoms with van der Waals surface area (Å²) in [5.41, 5.74) is 11.5. The highest BCUT2D eigenvalue weighted by molar-refractivity contribution is 5.79. The summed E-state index contributed by atoms with van der Waals surface area (Å²) in [6, 6.07) is 12.6. The second-order valence-electron chi connectivity index (χ2n) is 6.28. The van der Waals surface area contributed by atoms with Crippen molar-refractivity contribution in [3.05, 3.63) is 58.5 Å². The SMILES string of the molecule is Cc1ccc2c(c1)Oc1ccccc1N2[C@H]1COC[C@@H](N=[N+]=[N-])[C@@H]1O. The fourth-order valence-electron chi connectivity index (χ4n) is 3.41. The van der Waals surface area contributed by atoms with Crippen LogP contribution >= 0.6 is 0 Å². The molecule has 0 radical (unpaired) electrons. The van der Waals surface area contributed by atoms with E-state index in [1.54, 1.807) is 0 Å². The van der Waals surface area contributed by atoms with Gasteiger partial charge >= 0.3 is 0 Å². The predicted octanol–water partition coefficient (Wildman–Crippen LogP) is 3.68. The molecule has 2 heterocycles. The van der Waals surface area contributed by atoms with Crippen molar-refractivity contribution in [2.75, 3.05) is 18.1 Å². The lowest BCUT2D eigenvalue weighted by Gasteiger charge is -2.43. The first-order valence-corrected chi connectivity index (χ1v) is 8.16. The van der Waals surface area contributed by atoms with E-state index in [1.165, 1.54) is 0 Å². The molecule has 0 spiro atoms. The summed E-state index contributed by atoms with van der Waals surface area (Å²) in [5, 5.41) is 14.5. The van der Waals surface area contributed by atoms with Crippen LogP contribution in [0.2, 0.25) is 0 Å². The van der Waals surface area contributed by atoms with E-state index in [-0.39, 0.29) is 12.6 Å². The molecule has 1 N–H and O–H groups in total. The van der Waals surface area contributed by atoms with Crippen LogP contribution in [0.25, 0.3) is 10.4 Å². The number of benzene rings is 2. The minimum Gasteiger partial charge on any atom is -0.453 e. The number of fused-ring (bicyclic) bond motifs is 2. The van der Waals surface area contributed by atoms with Crippen LogP contribution in [0.15, 0.2) is 47.6 Å². The molecule has 7 nitrogen and oxygen atoms in total. The summed E-state index contributed by atoms with van der Waals surface area (Å²) >= 11 is 0. The highest BCUT2D eigenvalue weighted by atomic mass is 16.5. The molecule has 2 aromatic rings. The van der Waals surface area contributed by atoms with Gasteiger partial charge in [0, 0.05) is 4.91 Å². The third-order valence-electron chi connectivity index (χ3n) is 4.62. The van der Waals surface area contributed by atoms with Crippen molar-refractivity contribution in [3.8, 4) is 11.5 Å². The van der Waals surface area contributed by atoms with Gasteiger partial charge in [-0.05, 0) is 42.3 Å². The number of para-hydroxylation sites is 2. The van der Waals surface area contributed by atoms with Crippen LogP contribution in [0.5, 0.6) is 11.5 Å². The number of aliphatic hydroxyl groups excluding tert-OH is 1. The van der Waals surface area contributed by atoms with Gasteiger partial charge in [0.15, 0.2) is 11.5 Å². The molecule has 2 aliphatic rings. The Morgan fingerprint density at radius 2 is 1.96 bits per heavy atom. The van der Waals surface area contributed by atoms with E-state index in [1.807, 2.05) is 54.3 Å². The summed E-state index contributed by atoms with van der Waals surface area (Å²) in [4.78, 5) is 4.86. The van der Waals surface area contributed by atoms with E-state index in [0.717, 1.165) is 28.4 Å². The van der Waals surface area contributed by atoms with Crippen LogP contribution < -0.4 is 9.64 Å². The van der Waals surface area contributed by atoms with Crippen LogP contribution in [0, 0.1) is 6.92 Å². The normalized spacial score (nSPS) is 24.6. The zero-order valence-electron chi connectivity index (χ0n) is 13.7. The van der Waals surface area contributed by atoms with Crippen LogP contribution in [-0.4, -0.2) is 36.5 Å². The predicted molar refractivity (Wildman–Crippen MR) is 93.4 cm³/mol. The number of rotatable bonds is 2. The molecule has 2 aliphatic heterocycles. The molecule has 0 aromatic heterocycles. The maximum atomic E-state index is 10.8. The third-order valence-corrected chi connectivity index (χ3v) is 4.62. The lowest BCUT2D eigenvalue weighted by Crippen LogP contribution is -2.54. The van der Waals surface area contributed by atoms with Crippen LogP contribution in [0.1, 0.15) is 5.56 Å². The van der Waals surface area contributed by atoms with Gasteiger partial charge < -0.3 is 19.5 Å². The number of azide groups is 1. The Morgan fingerprint density at radius 3 is 2.80 bits per heavy atom. The quantitative estimate of drug-likeness (QED) is 0.514. The summed E-state index contributed by atoms with van der Waals surface area (Å²) in [6.07, 6.45) is -0.843. The molecule has 0 amide bonds. The van der Waals surface area contributed by atoms with E-state index < -0.39 is 12.1 Å². The summed E-state index contributed by atoms with van der Waals surface area (Å²) in [7, 11) is 0. The van der Waals surface area contributed by atoms with Gasteiger partial charge in [0.2, 0.25) is 0 Å². The van der Waals surface area contributed by atoms with Crippen molar-refractivity contribution in [2.45, 2.75) is 25.1 Å². The highest BCUT2D eigenvalue weighted by Gasteiger charge is 2.40. The van der Waals surface area contributed by atoms with E-state index >= 15 is 0 Å². The lowest BCUT2D eigenvalue weighted by molar-refractivity contribution is -0.0193. The third kappa shape index (κ3) is 2.68. The first-order chi connectivity index (χ1) is 12.2. The Kier molecular flexibility index (Phi) is 3.97. The first kappa shape index (κ1) is 15.8. The van der Waals surface area contributed by atoms with Crippen LogP contribution in [-0.2, 0) is 4.74 Å².